The van der Waals surface area contributed by atoms with E-state index in [1.807, 2.05) is 0 Å². The number of amides is 3. The molecule has 0 fully saturated rings. The van der Waals surface area contributed by atoms with Crippen LogP contribution in [0.5, 0.6) is 11.5 Å². The van der Waals surface area contributed by atoms with E-state index < -0.39 is 47.6 Å². The maximum atomic E-state index is 13.2. The first-order chi connectivity index (χ1) is 19.0. The Morgan fingerprint density at radius 3 is 2.35 bits per heavy atom. The molecule has 0 heterocycles. The molecule has 0 atom stereocenters. The van der Waals surface area contributed by atoms with E-state index in [1.165, 1.54) is 42.6 Å². The summed E-state index contributed by atoms with van der Waals surface area (Å²) in [5, 5.41) is 8.19. The van der Waals surface area contributed by atoms with Gasteiger partial charge in [0.25, 0.3) is 5.91 Å². The molecule has 0 saturated heterocycles. The molecule has 0 bridgehead atoms. The number of carbonyl (C=O) groups excluding carboxylic acids is 3. The standard InChI is InChI=1S/C26H21BrF4N4O5/c1-2-39-21-12-15(13-32-35-25(38)24(37)33-17-9-7-16(28)8-10-17)11-19(27)23(21)40-14-22(36)34-20-6-4-3-5-18(20)26(29,30)31/h3-13H,2,14H2,1H3,(H,33,37)(H,34,36)(H,35,38)/b32-13-. The van der Waals surface area contributed by atoms with Gasteiger partial charge in [0, 0.05) is 5.69 Å². The minimum Gasteiger partial charge on any atom is -0.490 e. The number of benzene rings is 3. The predicted molar refractivity (Wildman–Crippen MR) is 142 cm³/mol. The van der Waals surface area contributed by atoms with Gasteiger partial charge in [-0.3, -0.25) is 14.4 Å². The second-order valence-electron chi connectivity index (χ2n) is 7.80. The average molecular weight is 625 g/mol. The average Bonchev–Trinajstić information content (AvgIpc) is 2.89. The van der Waals surface area contributed by atoms with Crippen LogP contribution in [-0.2, 0) is 20.6 Å². The molecule has 3 N–H and O–H groups in total. The molecule has 210 valence electrons. The summed E-state index contributed by atoms with van der Waals surface area (Å²) in [5.41, 5.74) is 1.25. The van der Waals surface area contributed by atoms with Crippen LogP contribution in [0.25, 0.3) is 0 Å². The van der Waals surface area contributed by atoms with Crippen LogP contribution in [0.4, 0.5) is 28.9 Å². The number of rotatable bonds is 9. The van der Waals surface area contributed by atoms with Crippen molar-refractivity contribution in [2.75, 3.05) is 23.8 Å². The molecule has 3 aromatic carbocycles. The van der Waals surface area contributed by atoms with E-state index in [9.17, 15) is 31.9 Å². The highest BCUT2D eigenvalue weighted by molar-refractivity contribution is 9.10. The van der Waals surface area contributed by atoms with E-state index in [0.717, 1.165) is 24.3 Å². The molecular weight excluding hydrogens is 604 g/mol. The third kappa shape index (κ3) is 8.53. The van der Waals surface area contributed by atoms with Crippen molar-refractivity contribution in [2.24, 2.45) is 5.10 Å². The molecule has 40 heavy (non-hydrogen) atoms. The monoisotopic (exact) mass is 624 g/mol. The maximum Gasteiger partial charge on any atom is 0.418 e. The smallest absolute Gasteiger partial charge is 0.418 e. The fourth-order valence-corrected chi connectivity index (χ4v) is 3.74. The number of carbonyl (C=O) groups is 3. The van der Waals surface area contributed by atoms with Gasteiger partial charge in [0.15, 0.2) is 18.1 Å². The Morgan fingerprint density at radius 2 is 1.68 bits per heavy atom. The zero-order valence-electron chi connectivity index (χ0n) is 20.6. The molecule has 3 aromatic rings. The van der Waals surface area contributed by atoms with Gasteiger partial charge in [-0.25, -0.2) is 9.82 Å². The van der Waals surface area contributed by atoms with Gasteiger partial charge in [-0.2, -0.15) is 18.3 Å². The zero-order valence-corrected chi connectivity index (χ0v) is 22.2. The Morgan fingerprint density at radius 1 is 0.975 bits per heavy atom. The summed E-state index contributed by atoms with van der Waals surface area (Å²) in [5.74, 6) is -3.18. The summed E-state index contributed by atoms with van der Waals surface area (Å²) in [4.78, 5) is 36.3. The van der Waals surface area contributed by atoms with Crippen LogP contribution in [-0.4, -0.2) is 37.1 Å². The molecule has 0 saturated carbocycles. The van der Waals surface area contributed by atoms with Gasteiger partial charge in [-0.1, -0.05) is 12.1 Å². The second-order valence-corrected chi connectivity index (χ2v) is 8.66. The van der Waals surface area contributed by atoms with Gasteiger partial charge in [0.2, 0.25) is 0 Å². The van der Waals surface area contributed by atoms with Crippen LogP contribution in [0.1, 0.15) is 18.1 Å². The van der Waals surface area contributed by atoms with Gasteiger partial charge < -0.3 is 20.1 Å². The number of anilines is 2. The van der Waals surface area contributed by atoms with E-state index in [4.69, 9.17) is 9.47 Å². The molecule has 0 spiro atoms. The first-order valence-corrected chi connectivity index (χ1v) is 12.2. The molecule has 3 amide bonds. The lowest BCUT2D eigenvalue weighted by molar-refractivity contribution is -0.137. The van der Waals surface area contributed by atoms with Gasteiger partial charge in [0.05, 0.1) is 28.5 Å². The summed E-state index contributed by atoms with van der Waals surface area (Å²) in [6, 6.07) is 12.3. The fourth-order valence-electron chi connectivity index (χ4n) is 3.17. The molecule has 0 aliphatic heterocycles. The van der Waals surface area contributed by atoms with Crippen molar-refractivity contribution in [1.29, 1.82) is 0 Å². The summed E-state index contributed by atoms with van der Waals surface area (Å²) in [6.45, 7) is 1.27. The Labute approximate surface area is 233 Å². The van der Waals surface area contributed by atoms with Crippen LogP contribution >= 0.6 is 15.9 Å². The Bertz CT molecular complexity index is 1420. The lowest BCUT2D eigenvalue weighted by Crippen LogP contribution is -2.32. The lowest BCUT2D eigenvalue weighted by atomic mass is 10.1. The van der Waals surface area contributed by atoms with Gasteiger partial charge in [0.1, 0.15) is 5.82 Å². The van der Waals surface area contributed by atoms with Gasteiger partial charge in [-0.15, -0.1) is 0 Å². The molecule has 3 rings (SSSR count). The van der Waals surface area contributed by atoms with E-state index >= 15 is 0 Å². The number of hydrogen-bond acceptors (Lipinski definition) is 6. The van der Waals surface area contributed by atoms with E-state index in [2.05, 4.69) is 37.1 Å². The molecule has 0 aliphatic carbocycles. The first-order valence-electron chi connectivity index (χ1n) is 11.4. The number of ether oxygens (including phenoxy) is 2. The number of halogens is 5. The summed E-state index contributed by atoms with van der Waals surface area (Å²) < 4.78 is 63.9. The molecule has 0 aromatic heterocycles. The van der Waals surface area contributed by atoms with Crippen LogP contribution in [0.3, 0.4) is 0 Å². The fraction of sp³-hybridized carbons (Fsp3) is 0.154. The minimum atomic E-state index is -4.65. The van der Waals surface area contributed by atoms with E-state index in [1.54, 1.807) is 6.92 Å². The topological polar surface area (TPSA) is 118 Å². The van der Waals surface area contributed by atoms with Crippen LogP contribution in [0.15, 0.2) is 70.2 Å². The molecule has 0 aliphatic rings. The highest BCUT2D eigenvalue weighted by Crippen LogP contribution is 2.37. The zero-order chi connectivity index (χ0) is 29.3. The SMILES string of the molecule is CCOc1cc(/C=N\NC(=O)C(=O)Nc2ccc(F)cc2)cc(Br)c1OCC(=O)Nc1ccccc1C(F)(F)F. The largest absolute Gasteiger partial charge is 0.490 e. The van der Waals surface area contributed by atoms with Crippen LogP contribution in [0.2, 0.25) is 0 Å². The second kappa shape index (κ2) is 13.6. The van der Waals surface area contributed by atoms with Crippen molar-refractivity contribution in [3.63, 3.8) is 0 Å². The lowest BCUT2D eigenvalue weighted by Gasteiger charge is -2.16. The predicted octanol–water partition coefficient (Wildman–Crippen LogP) is 5.11. The first kappa shape index (κ1) is 30.1. The summed E-state index contributed by atoms with van der Waals surface area (Å²) >= 11 is 3.28. The van der Waals surface area contributed by atoms with Gasteiger partial charge in [-0.05, 0) is 76.9 Å². The molecule has 0 unspecified atom stereocenters. The third-order valence-corrected chi connectivity index (χ3v) is 5.46. The summed E-state index contributed by atoms with van der Waals surface area (Å²) in [7, 11) is 0. The van der Waals surface area contributed by atoms with E-state index in [-0.39, 0.29) is 23.8 Å². The Kier molecular flexibility index (Phi) is 10.2. The number of nitrogens with one attached hydrogen (secondary N) is 3. The number of para-hydroxylation sites is 1. The van der Waals surface area contributed by atoms with Crippen molar-refractivity contribution >= 4 is 51.2 Å². The number of alkyl halides is 3. The summed E-state index contributed by atoms with van der Waals surface area (Å²) in [6.07, 6.45) is -3.44. The van der Waals surface area contributed by atoms with Crippen molar-refractivity contribution in [1.82, 2.24) is 5.43 Å². The normalized spacial score (nSPS) is 11.2. The minimum absolute atomic E-state index is 0.0981. The highest BCUT2D eigenvalue weighted by Gasteiger charge is 2.33. The molecule has 9 nitrogen and oxygen atoms in total. The maximum absolute atomic E-state index is 13.2. The van der Waals surface area contributed by atoms with Crippen LogP contribution < -0.4 is 25.5 Å². The van der Waals surface area contributed by atoms with E-state index in [0.29, 0.717) is 10.0 Å². The molecule has 14 heteroatoms. The van der Waals surface area contributed by atoms with Crippen molar-refractivity contribution in [2.45, 2.75) is 13.1 Å². The van der Waals surface area contributed by atoms with Gasteiger partial charge >= 0.3 is 18.0 Å². The third-order valence-electron chi connectivity index (χ3n) is 4.87. The van der Waals surface area contributed by atoms with Crippen molar-refractivity contribution in [3.8, 4) is 11.5 Å². The molecular formula is C26H21BrF4N4O5. The number of hydrogen-bond donors (Lipinski definition) is 3. The van der Waals surface area contributed by atoms with Crippen molar-refractivity contribution in [3.05, 3.63) is 82.1 Å². The highest BCUT2D eigenvalue weighted by atomic mass is 79.9. The van der Waals surface area contributed by atoms with Crippen molar-refractivity contribution < 1.29 is 41.4 Å². The molecule has 0 radical (unpaired) electrons. The Hall–Kier alpha value is -4.46. The quantitative estimate of drug-likeness (QED) is 0.132. The Balaban J connectivity index is 1.64. The number of hydrazone groups is 1. The van der Waals surface area contributed by atoms with Crippen LogP contribution in [0, 0.1) is 5.82 Å². The number of nitrogens with zero attached hydrogens (tertiary/aromatic N) is 1.